The number of imide groups is 1. The number of hydrogen-bond donors (Lipinski definition) is 1. The van der Waals surface area contributed by atoms with E-state index in [0.717, 1.165) is 5.01 Å². The molecule has 22 heavy (non-hydrogen) atoms. The second-order valence-electron chi connectivity index (χ2n) is 4.81. The topological polar surface area (TPSA) is 77.9 Å². The molecule has 0 saturated heterocycles. The van der Waals surface area contributed by atoms with Gasteiger partial charge < -0.3 is 5.11 Å². The number of hydrogen-bond acceptors (Lipinski definition) is 4. The van der Waals surface area contributed by atoms with E-state index in [-0.39, 0.29) is 11.3 Å². The zero-order chi connectivity index (χ0) is 15.9. The molecule has 2 aromatic carbocycles. The summed E-state index contributed by atoms with van der Waals surface area (Å²) < 4.78 is 0. The molecule has 6 nitrogen and oxygen atoms in total. The highest BCUT2D eigenvalue weighted by Crippen LogP contribution is 2.28. The van der Waals surface area contributed by atoms with Crippen LogP contribution in [-0.4, -0.2) is 34.9 Å². The highest BCUT2D eigenvalue weighted by Gasteiger charge is 2.38. The molecule has 3 rings (SSSR count). The van der Waals surface area contributed by atoms with Crippen molar-refractivity contribution in [1.29, 1.82) is 0 Å². The molecule has 1 N–H and O–H groups in total. The van der Waals surface area contributed by atoms with E-state index in [4.69, 9.17) is 0 Å². The summed E-state index contributed by atoms with van der Waals surface area (Å²) in [5, 5.41) is 11.5. The Labute approximate surface area is 126 Å². The van der Waals surface area contributed by atoms with Crippen molar-refractivity contribution in [2.45, 2.75) is 0 Å². The van der Waals surface area contributed by atoms with Crippen molar-refractivity contribution in [3.8, 4) is 0 Å². The number of carbonyl (C=O) groups is 3. The average Bonchev–Trinajstić information content (AvgIpc) is 2.79. The van der Waals surface area contributed by atoms with Gasteiger partial charge in [0.25, 0.3) is 11.8 Å². The van der Waals surface area contributed by atoms with Crippen molar-refractivity contribution in [2.24, 2.45) is 0 Å². The number of para-hydroxylation sites is 1. The van der Waals surface area contributed by atoms with E-state index in [0.29, 0.717) is 11.1 Å². The minimum Gasteiger partial charge on any atom is -0.478 e. The van der Waals surface area contributed by atoms with Crippen molar-refractivity contribution >= 4 is 23.5 Å². The maximum atomic E-state index is 12.4. The van der Waals surface area contributed by atoms with Gasteiger partial charge in [0.15, 0.2) is 0 Å². The second kappa shape index (κ2) is 5.00. The molecule has 0 aromatic heterocycles. The first-order chi connectivity index (χ1) is 10.5. The molecule has 0 saturated carbocycles. The Kier molecular flexibility index (Phi) is 3.14. The van der Waals surface area contributed by atoms with Gasteiger partial charge >= 0.3 is 5.97 Å². The lowest BCUT2D eigenvalue weighted by Gasteiger charge is -2.28. The SMILES string of the molecule is CN(c1ccccc1C(=O)O)N1C(=O)c2ccccc2C1=O. The Bertz CT molecular complexity index is 765. The largest absolute Gasteiger partial charge is 0.478 e. The number of benzene rings is 2. The molecule has 0 spiro atoms. The third-order valence-electron chi connectivity index (χ3n) is 3.56. The van der Waals surface area contributed by atoms with Crippen molar-refractivity contribution < 1.29 is 19.5 Å². The van der Waals surface area contributed by atoms with E-state index in [1.165, 1.54) is 18.1 Å². The lowest BCUT2D eigenvalue weighted by atomic mass is 10.1. The molecule has 2 amide bonds. The molecule has 110 valence electrons. The van der Waals surface area contributed by atoms with E-state index in [1.807, 2.05) is 0 Å². The summed E-state index contributed by atoms with van der Waals surface area (Å²) in [7, 11) is 1.49. The summed E-state index contributed by atoms with van der Waals surface area (Å²) in [4.78, 5) is 36.1. The molecule has 0 bridgehead atoms. The fourth-order valence-electron chi connectivity index (χ4n) is 2.49. The van der Waals surface area contributed by atoms with Crippen molar-refractivity contribution in [3.63, 3.8) is 0 Å². The van der Waals surface area contributed by atoms with Gasteiger partial charge in [-0.2, -0.15) is 5.01 Å². The number of carboxylic acid groups (broad SMARTS) is 1. The van der Waals surface area contributed by atoms with E-state index in [9.17, 15) is 19.5 Å². The molecule has 0 radical (unpaired) electrons. The number of anilines is 1. The van der Waals surface area contributed by atoms with Crippen LogP contribution in [0.15, 0.2) is 48.5 Å². The van der Waals surface area contributed by atoms with Gasteiger partial charge in [0.05, 0.1) is 22.4 Å². The smallest absolute Gasteiger partial charge is 0.337 e. The average molecular weight is 296 g/mol. The summed E-state index contributed by atoms with van der Waals surface area (Å²) in [6.45, 7) is 0. The van der Waals surface area contributed by atoms with Gasteiger partial charge in [-0.3, -0.25) is 14.6 Å². The molecule has 0 aliphatic carbocycles. The molecule has 1 aliphatic heterocycles. The molecular weight excluding hydrogens is 284 g/mol. The van der Waals surface area contributed by atoms with Gasteiger partial charge in [-0.15, -0.1) is 0 Å². The van der Waals surface area contributed by atoms with Crippen LogP contribution in [0.1, 0.15) is 31.1 Å². The third-order valence-corrected chi connectivity index (χ3v) is 3.56. The fraction of sp³-hybridized carbons (Fsp3) is 0.0625. The number of carbonyl (C=O) groups excluding carboxylic acids is 2. The van der Waals surface area contributed by atoms with Crippen molar-refractivity contribution in [1.82, 2.24) is 5.01 Å². The number of aromatic carboxylic acids is 1. The first-order valence-electron chi connectivity index (χ1n) is 6.56. The predicted octanol–water partition coefficient (Wildman–Crippen LogP) is 2.03. The van der Waals surface area contributed by atoms with Crippen LogP contribution < -0.4 is 5.01 Å². The van der Waals surface area contributed by atoms with Crippen LogP contribution >= 0.6 is 0 Å². The molecule has 0 unspecified atom stereocenters. The Hall–Kier alpha value is -3.15. The molecule has 1 aliphatic rings. The van der Waals surface area contributed by atoms with E-state index < -0.39 is 17.8 Å². The molecule has 1 heterocycles. The summed E-state index contributed by atoms with van der Waals surface area (Å²) in [5.74, 6) is -2.06. The Balaban J connectivity index is 2.05. The maximum absolute atomic E-state index is 12.4. The maximum Gasteiger partial charge on any atom is 0.337 e. The van der Waals surface area contributed by atoms with Gasteiger partial charge in [-0.1, -0.05) is 24.3 Å². The van der Waals surface area contributed by atoms with Crippen LogP contribution in [0.25, 0.3) is 0 Å². The minimum atomic E-state index is -1.13. The number of amides is 2. The molecule has 0 atom stereocenters. The normalized spacial score (nSPS) is 13.2. The van der Waals surface area contributed by atoms with Crippen LogP contribution in [0.2, 0.25) is 0 Å². The summed E-state index contributed by atoms with van der Waals surface area (Å²) >= 11 is 0. The van der Waals surface area contributed by atoms with Crippen molar-refractivity contribution in [3.05, 3.63) is 65.2 Å². The van der Waals surface area contributed by atoms with Crippen LogP contribution in [0, 0.1) is 0 Å². The predicted molar refractivity (Wildman–Crippen MR) is 78.7 cm³/mol. The van der Waals surface area contributed by atoms with Crippen LogP contribution in [0.4, 0.5) is 5.69 Å². The summed E-state index contributed by atoms with van der Waals surface area (Å²) in [6.07, 6.45) is 0. The third kappa shape index (κ3) is 1.93. The Morgan fingerprint density at radius 2 is 1.45 bits per heavy atom. The first kappa shape index (κ1) is 13.8. The minimum absolute atomic E-state index is 0.0153. The Morgan fingerprint density at radius 3 is 2.00 bits per heavy atom. The first-order valence-corrected chi connectivity index (χ1v) is 6.56. The number of rotatable bonds is 3. The zero-order valence-corrected chi connectivity index (χ0v) is 11.7. The quantitative estimate of drug-likeness (QED) is 0.877. The number of fused-ring (bicyclic) bond motifs is 1. The zero-order valence-electron chi connectivity index (χ0n) is 11.7. The molecular formula is C16H12N2O4. The van der Waals surface area contributed by atoms with Gasteiger partial charge in [0.2, 0.25) is 0 Å². The van der Waals surface area contributed by atoms with Crippen LogP contribution in [0.5, 0.6) is 0 Å². The standard InChI is InChI=1S/C16H12N2O4/c1-17(13-9-5-4-8-12(13)16(21)22)18-14(19)10-6-2-3-7-11(10)15(18)20/h2-9H,1H3,(H,21,22). The highest BCUT2D eigenvalue weighted by molar-refractivity contribution is 6.22. The number of nitrogens with zero attached hydrogens (tertiary/aromatic N) is 2. The lowest BCUT2D eigenvalue weighted by Crippen LogP contribution is -2.44. The summed E-state index contributed by atoms with van der Waals surface area (Å²) in [6, 6.07) is 12.7. The molecule has 0 fully saturated rings. The van der Waals surface area contributed by atoms with Crippen LogP contribution in [0.3, 0.4) is 0 Å². The monoisotopic (exact) mass is 296 g/mol. The van der Waals surface area contributed by atoms with Crippen LogP contribution in [-0.2, 0) is 0 Å². The molecule has 6 heteroatoms. The van der Waals surface area contributed by atoms with Gasteiger partial charge in [0.1, 0.15) is 0 Å². The lowest BCUT2D eigenvalue weighted by molar-refractivity contribution is 0.0632. The van der Waals surface area contributed by atoms with E-state index >= 15 is 0 Å². The van der Waals surface area contributed by atoms with Gasteiger partial charge in [-0.25, -0.2) is 4.79 Å². The Morgan fingerprint density at radius 1 is 0.955 bits per heavy atom. The highest BCUT2D eigenvalue weighted by atomic mass is 16.4. The van der Waals surface area contributed by atoms with E-state index in [2.05, 4.69) is 0 Å². The second-order valence-corrected chi connectivity index (χ2v) is 4.81. The van der Waals surface area contributed by atoms with Gasteiger partial charge in [-0.05, 0) is 24.3 Å². The van der Waals surface area contributed by atoms with Gasteiger partial charge in [0, 0.05) is 7.05 Å². The number of carboxylic acids is 1. The summed E-state index contributed by atoms with van der Waals surface area (Å²) in [5.41, 5.74) is 0.908. The number of hydrazine groups is 1. The van der Waals surface area contributed by atoms with Crippen molar-refractivity contribution in [2.75, 3.05) is 12.1 Å². The molecule has 2 aromatic rings. The fourth-order valence-corrected chi connectivity index (χ4v) is 2.49. The van der Waals surface area contributed by atoms with E-state index in [1.54, 1.807) is 42.5 Å².